The van der Waals surface area contributed by atoms with Gasteiger partial charge >= 0.3 is 0 Å². The van der Waals surface area contributed by atoms with Gasteiger partial charge in [0.05, 0.1) is 16.5 Å². The van der Waals surface area contributed by atoms with Crippen LogP contribution in [-0.2, 0) is 6.54 Å². The standard InChI is InChI=1S/C28H22N8OS/c1-15-5-3-4-6-20(15)36-21(33-27-22(28(36)37)16(2)13-38-27)12-35-26-23(25(29)31-14-32-26)24(34-35)18-8-7-17-9-10-30-19(17)11-18/h3-11,13-14,30H,12H2,1-2H3,(H2,29,31,32). The van der Waals surface area contributed by atoms with Crippen molar-refractivity contribution in [3.05, 3.63) is 93.7 Å². The number of nitrogen functional groups attached to an aromatic ring is 1. The van der Waals surface area contributed by atoms with Crippen molar-refractivity contribution in [1.29, 1.82) is 0 Å². The Morgan fingerprint density at radius 1 is 1.03 bits per heavy atom. The number of fused-ring (bicyclic) bond motifs is 3. The molecule has 10 heteroatoms. The molecule has 0 saturated carbocycles. The highest BCUT2D eigenvalue weighted by Crippen LogP contribution is 2.32. The van der Waals surface area contributed by atoms with E-state index in [0.29, 0.717) is 38.6 Å². The van der Waals surface area contributed by atoms with Crippen molar-refractivity contribution in [2.24, 2.45) is 0 Å². The van der Waals surface area contributed by atoms with Gasteiger partial charge in [-0.1, -0.05) is 30.3 Å². The third-order valence-corrected chi connectivity index (χ3v) is 7.89. The zero-order chi connectivity index (χ0) is 26.0. The van der Waals surface area contributed by atoms with E-state index in [0.717, 1.165) is 33.3 Å². The molecular formula is C28H22N8OS. The molecule has 3 N–H and O–H groups in total. The lowest BCUT2D eigenvalue weighted by molar-refractivity contribution is 0.651. The summed E-state index contributed by atoms with van der Waals surface area (Å²) in [6, 6.07) is 15.9. The molecule has 0 fully saturated rings. The van der Waals surface area contributed by atoms with Gasteiger partial charge in [0.2, 0.25) is 0 Å². The van der Waals surface area contributed by atoms with Gasteiger partial charge in [-0.05, 0) is 53.9 Å². The lowest BCUT2D eigenvalue weighted by Gasteiger charge is -2.15. The van der Waals surface area contributed by atoms with Crippen LogP contribution in [0.3, 0.4) is 0 Å². The van der Waals surface area contributed by atoms with Crippen molar-refractivity contribution in [2.75, 3.05) is 5.73 Å². The Morgan fingerprint density at radius 3 is 2.76 bits per heavy atom. The van der Waals surface area contributed by atoms with E-state index in [1.165, 1.54) is 17.7 Å². The minimum atomic E-state index is -0.0962. The molecule has 0 spiro atoms. The van der Waals surface area contributed by atoms with Crippen LogP contribution in [0.5, 0.6) is 0 Å². The summed E-state index contributed by atoms with van der Waals surface area (Å²) in [5, 5.41) is 9.32. The van der Waals surface area contributed by atoms with Gasteiger partial charge in [-0.2, -0.15) is 5.10 Å². The van der Waals surface area contributed by atoms with Crippen LogP contribution >= 0.6 is 11.3 Å². The molecule has 0 aliphatic carbocycles. The highest BCUT2D eigenvalue weighted by molar-refractivity contribution is 7.16. The molecule has 0 aliphatic rings. The fourth-order valence-electron chi connectivity index (χ4n) is 5.01. The predicted molar refractivity (Wildman–Crippen MR) is 151 cm³/mol. The monoisotopic (exact) mass is 518 g/mol. The quantitative estimate of drug-likeness (QED) is 0.339. The SMILES string of the molecule is Cc1ccccc1-n1c(Cn2nc(-c3ccc4cc[nH]c4c3)c3c(N)ncnc32)nc2scc(C)c2c1=O. The second-order valence-electron chi connectivity index (χ2n) is 9.30. The van der Waals surface area contributed by atoms with Crippen LogP contribution in [-0.4, -0.2) is 34.3 Å². The molecule has 0 amide bonds. The molecule has 0 bridgehead atoms. The van der Waals surface area contributed by atoms with Crippen LogP contribution in [0, 0.1) is 13.8 Å². The van der Waals surface area contributed by atoms with Gasteiger partial charge in [0.15, 0.2) is 5.65 Å². The van der Waals surface area contributed by atoms with E-state index in [9.17, 15) is 4.79 Å². The number of para-hydroxylation sites is 1. The highest BCUT2D eigenvalue weighted by atomic mass is 32.1. The number of hydrogen-bond donors (Lipinski definition) is 2. The third-order valence-electron chi connectivity index (χ3n) is 6.90. The zero-order valence-electron chi connectivity index (χ0n) is 20.6. The van der Waals surface area contributed by atoms with Gasteiger partial charge in [-0.15, -0.1) is 11.3 Å². The number of hydrogen-bond acceptors (Lipinski definition) is 7. The van der Waals surface area contributed by atoms with Gasteiger partial charge in [0, 0.05) is 17.3 Å². The maximum atomic E-state index is 13.9. The molecule has 7 aromatic rings. The first kappa shape index (κ1) is 22.4. The van der Waals surface area contributed by atoms with E-state index in [1.807, 2.05) is 74.0 Å². The summed E-state index contributed by atoms with van der Waals surface area (Å²) in [5.74, 6) is 0.906. The predicted octanol–water partition coefficient (Wildman–Crippen LogP) is 4.98. The van der Waals surface area contributed by atoms with Gasteiger partial charge in [-0.3, -0.25) is 9.36 Å². The first-order chi connectivity index (χ1) is 18.5. The van der Waals surface area contributed by atoms with Crippen LogP contribution in [0.4, 0.5) is 5.82 Å². The Labute approximate surface area is 220 Å². The fourth-order valence-corrected chi connectivity index (χ4v) is 5.94. The van der Waals surface area contributed by atoms with Gasteiger partial charge in [0.1, 0.15) is 35.0 Å². The molecule has 5 aromatic heterocycles. The normalized spacial score (nSPS) is 11.7. The van der Waals surface area contributed by atoms with E-state index >= 15 is 0 Å². The van der Waals surface area contributed by atoms with Crippen molar-refractivity contribution in [2.45, 2.75) is 20.4 Å². The first-order valence-corrected chi connectivity index (χ1v) is 13.0. The zero-order valence-corrected chi connectivity index (χ0v) is 21.5. The average molecular weight is 519 g/mol. The largest absolute Gasteiger partial charge is 0.383 e. The minimum Gasteiger partial charge on any atom is -0.383 e. The number of H-pyrrole nitrogens is 1. The topological polar surface area (TPSA) is 120 Å². The van der Waals surface area contributed by atoms with E-state index in [4.69, 9.17) is 15.8 Å². The Kier molecular flexibility index (Phi) is 4.92. The lowest BCUT2D eigenvalue weighted by atomic mass is 10.1. The minimum absolute atomic E-state index is 0.0962. The van der Waals surface area contributed by atoms with E-state index in [-0.39, 0.29) is 12.1 Å². The number of rotatable bonds is 4. The van der Waals surface area contributed by atoms with Crippen LogP contribution in [0.1, 0.15) is 17.0 Å². The Bertz CT molecular complexity index is 2080. The summed E-state index contributed by atoms with van der Waals surface area (Å²) in [7, 11) is 0. The number of anilines is 1. The van der Waals surface area contributed by atoms with Crippen LogP contribution < -0.4 is 11.3 Å². The molecule has 186 valence electrons. The summed E-state index contributed by atoms with van der Waals surface area (Å²) < 4.78 is 3.45. The summed E-state index contributed by atoms with van der Waals surface area (Å²) in [6.45, 7) is 4.15. The molecule has 7 rings (SSSR count). The molecule has 5 heterocycles. The fraction of sp³-hybridized carbons (Fsp3) is 0.107. The number of thiophene rings is 1. The number of benzene rings is 2. The summed E-state index contributed by atoms with van der Waals surface area (Å²) in [6.07, 6.45) is 3.34. The van der Waals surface area contributed by atoms with Crippen molar-refractivity contribution >= 4 is 49.3 Å². The smallest absolute Gasteiger partial charge is 0.267 e. The Morgan fingerprint density at radius 2 is 1.89 bits per heavy atom. The number of aromatic nitrogens is 7. The molecule has 0 atom stereocenters. The maximum absolute atomic E-state index is 13.9. The summed E-state index contributed by atoms with van der Waals surface area (Å²) >= 11 is 1.47. The summed E-state index contributed by atoms with van der Waals surface area (Å²) in [5.41, 5.74) is 12.1. The van der Waals surface area contributed by atoms with Gasteiger partial charge in [-0.25, -0.2) is 19.6 Å². The molecule has 38 heavy (non-hydrogen) atoms. The molecule has 2 aromatic carbocycles. The summed E-state index contributed by atoms with van der Waals surface area (Å²) in [4.78, 5) is 31.6. The highest BCUT2D eigenvalue weighted by Gasteiger charge is 2.22. The van der Waals surface area contributed by atoms with Crippen molar-refractivity contribution in [3.8, 4) is 16.9 Å². The molecule has 9 nitrogen and oxygen atoms in total. The van der Waals surface area contributed by atoms with E-state index in [2.05, 4.69) is 15.0 Å². The van der Waals surface area contributed by atoms with E-state index in [1.54, 1.807) is 9.25 Å². The molecular weight excluding hydrogens is 496 g/mol. The maximum Gasteiger partial charge on any atom is 0.267 e. The third kappa shape index (κ3) is 3.34. The first-order valence-electron chi connectivity index (χ1n) is 12.1. The van der Waals surface area contributed by atoms with E-state index < -0.39 is 0 Å². The average Bonchev–Trinajstić information content (AvgIpc) is 3.63. The van der Waals surface area contributed by atoms with Crippen molar-refractivity contribution in [1.82, 2.24) is 34.3 Å². The lowest BCUT2D eigenvalue weighted by Crippen LogP contribution is -2.26. The van der Waals surface area contributed by atoms with Gasteiger partial charge in [0.25, 0.3) is 5.56 Å². The van der Waals surface area contributed by atoms with Crippen molar-refractivity contribution in [3.63, 3.8) is 0 Å². The molecule has 0 saturated heterocycles. The van der Waals surface area contributed by atoms with Gasteiger partial charge < -0.3 is 10.7 Å². The molecule has 0 aliphatic heterocycles. The second kappa shape index (κ2) is 8.35. The number of aromatic amines is 1. The number of nitrogens with one attached hydrogen (secondary N) is 1. The Balaban J connectivity index is 1.47. The van der Waals surface area contributed by atoms with Crippen LogP contribution in [0.2, 0.25) is 0 Å². The number of aryl methyl sites for hydroxylation is 2. The van der Waals surface area contributed by atoms with Crippen LogP contribution in [0.15, 0.2) is 71.2 Å². The number of nitrogens with zero attached hydrogens (tertiary/aromatic N) is 6. The second-order valence-corrected chi connectivity index (χ2v) is 10.2. The Hall–Kier alpha value is -4.83. The molecule has 0 unspecified atom stereocenters. The van der Waals surface area contributed by atoms with Crippen LogP contribution in [0.25, 0.3) is 49.1 Å². The number of nitrogens with two attached hydrogens (primary N) is 1. The molecule has 0 radical (unpaired) electrons. The van der Waals surface area contributed by atoms with Crippen molar-refractivity contribution < 1.29 is 0 Å².